The Morgan fingerprint density at radius 3 is 2.88 bits per heavy atom. The second kappa shape index (κ2) is 9.87. The number of halogens is 2. The monoisotopic (exact) mass is 373 g/mol. The molecule has 2 amide bonds. The van der Waals surface area contributed by atoms with Crippen LogP contribution < -0.4 is 11.1 Å². The van der Waals surface area contributed by atoms with Crippen molar-refractivity contribution in [2.24, 2.45) is 11.7 Å². The van der Waals surface area contributed by atoms with Gasteiger partial charge in [0.2, 0.25) is 11.8 Å². The van der Waals surface area contributed by atoms with Crippen molar-refractivity contribution in [1.29, 1.82) is 0 Å². The van der Waals surface area contributed by atoms with Gasteiger partial charge in [0.1, 0.15) is 0 Å². The largest absolute Gasteiger partial charge is 0.355 e. The third-order valence-electron chi connectivity index (χ3n) is 4.27. The summed E-state index contributed by atoms with van der Waals surface area (Å²) in [5, 5.41) is 3.44. The van der Waals surface area contributed by atoms with Crippen LogP contribution in [0.15, 0.2) is 24.3 Å². The second-order valence-corrected chi connectivity index (χ2v) is 6.42. The number of nitrogens with one attached hydrogen (secondary N) is 1. The lowest BCUT2D eigenvalue weighted by atomic mass is 9.94. The highest BCUT2D eigenvalue weighted by Gasteiger charge is 2.30. The Balaban J connectivity index is 0.00000288. The number of hydrogen-bond acceptors (Lipinski definition) is 3. The van der Waals surface area contributed by atoms with Crippen LogP contribution >= 0.6 is 24.0 Å². The number of likely N-dealkylation sites (tertiary alicyclic amines) is 1. The molecule has 2 unspecified atom stereocenters. The minimum absolute atomic E-state index is 0. The van der Waals surface area contributed by atoms with Crippen LogP contribution in [0.25, 0.3) is 0 Å². The van der Waals surface area contributed by atoms with Crippen molar-refractivity contribution in [3.63, 3.8) is 0 Å². The van der Waals surface area contributed by atoms with Gasteiger partial charge in [0.15, 0.2) is 0 Å². The maximum absolute atomic E-state index is 12.7. The highest BCUT2D eigenvalue weighted by molar-refractivity contribution is 6.30. The second-order valence-electron chi connectivity index (χ2n) is 5.98. The van der Waals surface area contributed by atoms with Crippen molar-refractivity contribution >= 4 is 35.8 Å². The predicted octanol–water partition coefficient (Wildman–Crippen LogP) is 2.18. The first-order valence-electron chi connectivity index (χ1n) is 8.05. The van der Waals surface area contributed by atoms with Gasteiger partial charge in [-0.25, -0.2) is 0 Å². The molecule has 1 aliphatic heterocycles. The van der Waals surface area contributed by atoms with Gasteiger partial charge in [0.25, 0.3) is 0 Å². The van der Waals surface area contributed by atoms with Crippen molar-refractivity contribution < 1.29 is 9.59 Å². The van der Waals surface area contributed by atoms with Crippen molar-refractivity contribution in [2.45, 2.75) is 25.7 Å². The number of carbonyl (C=O) groups is 2. The van der Waals surface area contributed by atoms with Gasteiger partial charge in [-0.05, 0) is 37.5 Å². The molecule has 0 saturated carbocycles. The summed E-state index contributed by atoms with van der Waals surface area (Å²) >= 11 is 6.00. The van der Waals surface area contributed by atoms with E-state index in [-0.39, 0.29) is 36.1 Å². The molecule has 1 aromatic carbocycles. The SMILES string of the molecule is CC(C(=O)N1CCCC(C(=O)NCCN)C1)c1cccc(Cl)c1.Cl. The van der Waals surface area contributed by atoms with E-state index in [1.165, 1.54) is 0 Å². The van der Waals surface area contributed by atoms with Crippen LogP contribution in [0.4, 0.5) is 0 Å². The Kier molecular flexibility index (Phi) is 8.53. The summed E-state index contributed by atoms with van der Waals surface area (Å²) in [6.07, 6.45) is 1.65. The zero-order chi connectivity index (χ0) is 16.8. The van der Waals surface area contributed by atoms with Gasteiger partial charge in [0.05, 0.1) is 11.8 Å². The summed E-state index contributed by atoms with van der Waals surface area (Å²) in [4.78, 5) is 26.6. The van der Waals surface area contributed by atoms with Crippen LogP contribution in [-0.4, -0.2) is 42.9 Å². The van der Waals surface area contributed by atoms with Crippen molar-refractivity contribution in [3.05, 3.63) is 34.9 Å². The molecule has 24 heavy (non-hydrogen) atoms. The van der Waals surface area contributed by atoms with E-state index in [4.69, 9.17) is 17.3 Å². The summed E-state index contributed by atoms with van der Waals surface area (Å²) < 4.78 is 0. The number of nitrogens with zero attached hydrogens (tertiary/aromatic N) is 1. The molecule has 0 bridgehead atoms. The van der Waals surface area contributed by atoms with E-state index >= 15 is 0 Å². The van der Waals surface area contributed by atoms with Gasteiger partial charge < -0.3 is 16.0 Å². The van der Waals surface area contributed by atoms with Crippen molar-refractivity contribution in [1.82, 2.24) is 10.2 Å². The number of amides is 2. The number of carbonyl (C=O) groups excluding carboxylic acids is 2. The van der Waals surface area contributed by atoms with Gasteiger partial charge in [-0.3, -0.25) is 9.59 Å². The molecule has 1 aliphatic rings. The minimum atomic E-state index is -0.264. The van der Waals surface area contributed by atoms with Gasteiger partial charge in [0, 0.05) is 31.2 Å². The standard InChI is InChI=1S/C17H24ClN3O2.ClH/c1-12(13-4-2-6-15(18)10-13)17(23)21-9-3-5-14(11-21)16(22)20-8-7-19;/h2,4,6,10,12,14H,3,5,7-9,11,19H2,1H3,(H,20,22);1H. The molecule has 134 valence electrons. The van der Waals surface area contributed by atoms with Crippen molar-refractivity contribution in [2.75, 3.05) is 26.2 Å². The molecule has 1 saturated heterocycles. The first-order chi connectivity index (χ1) is 11.0. The minimum Gasteiger partial charge on any atom is -0.355 e. The molecule has 2 rings (SSSR count). The Morgan fingerprint density at radius 2 is 2.21 bits per heavy atom. The summed E-state index contributed by atoms with van der Waals surface area (Å²) in [6, 6.07) is 7.37. The normalized spacial score (nSPS) is 18.5. The first kappa shape index (κ1) is 20.7. The highest BCUT2D eigenvalue weighted by Crippen LogP contribution is 2.24. The van der Waals surface area contributed by atoms with Crippen LogP contribution in [0.3, 0.4) is 0 Å². The number of nitrogens with two attached hydrogens (primary N) is 1. The zero-order valence-electron chi connectivity index (χ0n) is 13.8. The fourth-order valence-electron chi connectivity index (χ4n) is 2.92. The van der Waals surface area contributed by atoms with Crippen molar-refractivity contribution in [3.8, 4) is 0 Å². The number of rotatable bonds is 5. The molecule has 1 fully saturated rings. The van der Waals surface area contributed by atoms with E-state index in [0.717, 1.165) is 18.4 Å². The summed E-state index contributed by atoms with van der Waals surface area (Å²) in [5.41, 5.74) is 6.31. The fourth-order valence-corrected chi connectivity index (χ4v) is 3.12. The van der Waals surface area contributed by atoms with Crippen LogP contribution in [0, 0.1) is 5.92 Å². The molecule has 7 heteroatoms. The Bertz CT molecular complexity index is 569. The molecule has 3 N–H and O–H groups in total. The quantitative estimate of drug-likeness (QED) is 0.830. The summed E-state index contributed by atoms with van der Waals surface area (Å²) in [5.74, 6) is -0.377. The lowest BCUT2D eigenvalue weighted by Gasteiger charge is -2.33. The van der Waals surface area contributed by atoms with E-state index < -0.39 is 0 Å². The van der Waals surface area contributed by atoms with Gasteiger partial charge in [-0.2, -0.15) is 0 Å². The molecule has 0 aliphatic carbocycles. The smallest absolute Gasteiger partial charge is 0.229 e. The molecule has 5 nitrogen and oxygen atoms in total. The molecule has 1 aromatic rings. The van der Waals surface area contributed by atoms with Crippen LogP contribution in [-0.2, 0) is 9.59 Å². The van der Waals surface area contributed by atoms with E-state index in [1.807, 2.05) is 25.1 Å². The van der Waals surface area contributed by atoms with E-state index in [9.17, 15) is 9.59 Å². The molecule has 0 aromatic heterocycles. The van der Waals surface area contributed by atoms with Crippen LogP contribution in [0.1, 0.15) is 31.2 Å². The van der Waals surface area contributed by atoms with E-state index in [2.05, 4.69) is 5.32 Å². The van der Waals surface area contributed by atoms with Gasteiger partial charge in [-0.15, -0.1) is 12.4 Å². The number of piperidine rings is 1. The highest BCUT2D eigenvalue weighted by atomic mass is 35.5. The third kappa shape index (κ3) is 5.36. The molecular weight excluding hydrogens is 349 g/mol. The lowest BCUT2D eigenvalue weighted by Crippen LogP contribution is -2.47. The van der Waals surface area contributed by atoms with Crippen LogP contribution in [0.2, 0.25) is 5.02 Å². The number of benzene rings is 1. The maximum atomic E-state index is 12.7. The molecule has 0 radical (unpaired) electrons. The lowest BCUT2D eigenvalue weighted by molar-refractivity contribution is -0.136. The Morgan fingerprint density at radius 1 is 1.46 bits per heavy atom. The zero-order valence-corrected chi connectivity index (χ0v) is 15.4. The summed E-state index contributed by atoms with van der Waals surface area (Å²) in [7, 11) is 0. The maximum Gasteiger partial charge on any atom is 0.229 e. The molecule has 1 heterocycles. The Hall–Kier alpha value is -1.30. The third-order valence-corrected chi connectivity index (χ3v) is 4.50. The molecule has 0 spiro atoms. The predicted molar refractivity (Wildman–Crippen MR) is 98.5 cm³/mol. The first-order valence-corrected chi connectivity index (χ1v) is 8.42. The van der Waals surface area contributed by atoms with E-state index in [1.54, 1.807) is 11.0 Å². The Labute approximate surface area is 154 Å². The average molecular weight is 374 g/mol. The summed E-state index contributed by atoms with van der Waals surface area (Å²) in [6.45, 7) is 3.95. The van der Waals surface area contributed by atoms with Gasteiger partial charge in [-0.1, -0.05) is 23.7 Å². The topological polar surface area (TPSA) is 75.4 Å². The molecule has 2 atom stereocenters. The number of hydrogen-bond donors (Lipinski definition) is 2. The van der Waals surface area contributed by atoms with Gasteiger partial charge >= 0.3 is 0 Å². The van der Waals surface area contributed by atoms with E-state index in [0.29, 0.717) is 31.2 Å². The molecular formula is C17H25Cl2N3O2. The average Bonchev–Trinajstić information content (AvgIpc) is 2.58. The fraction of sp³-hybridized carbons (Fsp3) is 0.529. The van der Waals surface area contributed by atoms with Crippen LogP contribution in [0.5, 0.6) is 0 Å².